The van der Waals surface area contributed by atoms with Crippen LogP contribution in [0.25, 0.3) is 0 Å². The van der Waals surface area contributed by atoms with E-state index in [1.165, 1.54) is 18.6 Å². The molecule has 1 heterocycles. The van der Waals surface area contributed by atoms with E-state index in [0.29, 0.717) is 0 Å². The molecule has 0 bridgehead atoms. The Kier molecular flexibility index (Phi) is 6.36. The van der Waals surface area contributed by atoms with Crippen LogP contribution >= 0.6 is 0 Å². The fourth-order valence-electron chi connectivity index (χ4n) is 2.23. The van der Waals surface area contributed by atoms with E-state index >= 15 is 0 Å². The van der Waals surface area contributed by atoms with Crippen molar-refractivity contribution in [3.63, 3.8) is 0 Å². The van der Waals surface area contributed by atoms with Crippen molar-refractivity contribution in [1.82, 2.24) is 4.72 Å². The molecule has 0 aliphatic carbocycles. The Hall–Kier alpha value is -0.430. The van der Waals surface area contributed by atoms with Crippen LogP contribution in [-0.2, 0) is 44.2 Å². The van der Waals surface area contributed by atoms with Gasteiger partial charge < -0.3 is 18.4 Å². The van der Waals surface area contributed by atoms with E-state index in [-0.39, 0.29) is 0 Å². The second kappa shape index (κ2) is 7.06. The maximum absolute atomic E-state index is 10.9. The van der Waals surface area contributed by atoms with E-state index in [0.717, 1.165) is 0 Å². The molecule has 1 aliphatic heterocycles. The molecule has 144 valence electrons. The van der Waals surface area contributed by atoms with E-state index in [2.05, 4.69) is 8.37 Å². The summed E-state index contributed by atoms with van der Waals surface area (Å²) >= 11 is 0. The van der Waals surface area contributed by atoms with E-state index in [4.69, 9.17) is 4.74 Å². The SMILES string of the molecule is CC1(C)C(COS(=O)(=O)[O-])OCC(NS(=O)(=O)[O-])C1OS(=O)(=O)[O-]. The van der Waals surface area contributed by atoms with Crippen LogP contribution in [0.2, 0.25) is 0 Å². The van der Waals surface area contributed by atoms with Crippen molar-refractivity contribution in [2.45, 2.75) is 32.1 Å². The molecule has 0 aromatic heterocycles. The van der Waals surface area contributed by atoms with Crippen molar-refractivity contribution in [3.8, 4) is 0 Å². The summed E-state index contributed by atoms with van der Waals surface area (Å²) in [4.78, 5) is 0. The molecule has 0 saturated carbocycles. The molecular weight excluding hydrogens is 398 g/mol. The molecule has 0 radical (unpaired) electrons. The lowest BCUT2D eigenvalue weighted by Crippen LogP contribution is -2.62. The molecule has 0 amide bonds. The lowest BCUT2D eigenvalue weighted by molar-refractivity contribution is -0.152. The lowest BCUT2D eigenvalue weighted by atomic mass is 9.76. The molecule has 1 N–H and O–H groups in total. The first-order valence-electron chi connectivity index (χ1n) is 6.10. The summed E-state index contributed by atoms with van der Waals surface area (Å²) in [6.45, 7) is 0.992. The van der Waals surface area contributed by atoms with Gasteiger partial charge in [0, 0.05) is 5.41 Å². The van der Waals surface area contributed by atoms with Crippen LogP contribution in [0.1, 0.15) is 13.8 Å². The van der Waals surface area contributed by atoms with Crippen molar-refractivity contribution >= 4 is 31.1 Å². The molecule has 0 spiro atoms. The van der Waals surface area contributed by atoms with Gasteiger partial charge in [-0.05, 0) is 0 Å². The van der Waals surface area contributed by atoms with E-state index in [1.54, 1.807) is 0 Å². The largest absolute Gasteiger partial charge is 0.735 e. The molecule has 1 aliphatic rings. The Bertz CT molecular complexity index is 754. The van der Waals surface area contributed by atoms with Crippen molar-refractivity contribution < 1.29 is 52.0 Å². The van der Waals surface area contributed by atoms with Crippen molar-refractivity contribution in [1.29, 1.82) is 0 Å². The molecule has 0 aromatic rings. The molecule has 3 unspecified atom stereocenters. The normalized spacial score (nSPS) is 28.6. The van der Waals surface area contributed by atoms with Crippen molar-refractivity contribution in [3.05, 3.63) is 0 Å². The molecule has 1 fully saturated rings. The summed E-state index contributed by atoms with van der Waals surface area (Å²) in [6.07, 6.45) is -2.99. The molecule has 0 aromatic carbocycles. The average molecular weight is 412 g/mol. The van der Waals surface area contributed by atoms with Crippen molar-refractivity contribution in [2.24, 2.45) is 5.41 Å². The predicted molar refractivity (Wildman–Crippen MR) is 70.4 cm³/mol. The van der Waals surface area contributed by atoms with Gasteiger partial charge in [0.1, 0.15) is 6.10 Å². The van der Waals surface area contributed by atoms with Gasteiger partial charge in [0.2, 0.25) is 20.8 Å². The topological polar surface area (TPSA) is 211 Å². The molecule has 24 heavy (non-hydrogen) atoms. The standard InChI is InChI=1S/C8H17NO12S3/c1-8(2)6(4-20-23(13,14)15)19-3-5(9-22(10,11)12)7(8)21-24(16,17)18/h5-7,9H,3-4H2,1-2H3,(H,10,11,12)(H,13,14,15)(H,16,17,18)/p-3. The monoisotopic (exact) mass is 412 g/mol. The van der Waals surface area contributed by atoms with Gasteiger partial charge in [0.15, 0.2) is 10.3 Å². The smallest absolute Gasteiger partial charge is 0.217 e. The molecule has 16 heteroatoms. The highest BCUT2D eigenvalue weighted by Crippen LogP contribution is 2.37. The Balaban J connectivity index is 3.11. The second-order valence-corrected chi connectivity index (χ2v) is 8.64. The van der Waals surface area contributed by atoms with E-state index in [9.17, 15) is 38.9 Å². The highest BCUT2D eigenvalue weighted by Gasteiger charge is 2.49. The van der Waals surface area contributed by atoms with Crippen LogP contribution in [0.3, 0.4) is 0 Å². The van der Waals surface area contributed by atoms with Gasteiger partial charge >= 0.3 is 0 Å². The average Bonchev–Trinajstić information content (AvgIpc) is 2.28. The van der Waals surface area contributed by atoms with Gasteiger partial charge in [-0.1, -0.05) is 13.8 Å². The summed E-state index contributed by atoms with van der Waals surface area (Å²) in [7, 11) is -15.4. The van der Waals surface area contributed by atoms with Gasteiger partial charge in [-0.25, -0.2) is 30.0 Å². The third kappa shape index (κ3) is 6.82. The third-order valence-electron chi connectivity index (χ3n) is 3.29. The van der Waals surface area contributed by atoms with Gasteiger partial charge in [-0.2, -0.15) is 0 Å². The minimum absolute atomic E-state index is 0.641. The van der Waals surface area contributed by atoms with E-state index in [1.807, 2.05) is 0 Å². The maximum Gasteiger partial charge on any atom is 0.217 e. The van der Waals surface area contributed by atoms with Crippen LogP contribution in [0.5, 0.6) is 0 Å². The number of ether oxygens (including phenoxy) is 1. The van der Waals surface area contributed by atoms with Gasteiger partial charge in [-0.15, -0.1) is 0 Å². The van der Waals surface area contributed by atoms with Crippen LogP contribution in [0, 0.1) is 5.41 Å². The van der Waals surface area contributed by atoms with Crippen LogP contribution in [0.4, 0.5) is 0 Å². The number of hydrogen-bond donors (Lipinski definition) is 1. The quantitative estimate of drug-likeness (QED) is 0.330. The highest BCUT2D eigenvalue weighted by atomic mass is 32.3. The Labute approximate surface area is 139 Å². The number of nitrogens with one attached hydrogen (secondary N) is 1. The zero-order valence-corrected chi connectivity index (χ0v) is 14.7. The maximum atomic E-state index is 10.9. The van der Waals surface area contributed by atoms with Crippen molar-refractivity contribution in [2.75, 3.05) is 13.2 Å². The Morgan fingerprint density at radius 2 is 1.62 bits per heavy atom. The van der Waals surface area contributed by atoms with Crippen LogP contribution < -0.4 is 4.72 Å². The molecular formula is C8H14NO12S3-3. The summed E-state index contributed by atoms with van der Waals surface area (Å²) < 4.78 is 112. The highest BCUT2D eigenvalue weighted by molar-refractivity contribution is 7.83. The number of hydrogen-bond acceptors (Lipinski definition) is 12. The Morgan fingerprint density at radius 1 is 1.08 bits per heavy atom. The first kappa shape index (κ1) is 21.6. The van der Waals surface area contributed by atoms with Gasteiger partial charge in [0.25, 0.3) is 0 Å². The number of rotatable bonds is 7. The summed E-state index contributed by atoms with van der Waals surface area (Å²) in [5.41, 5.74) is -1.54. The lowest BCUT2D eigenvalue weighted by Gasteiger charge is -2.48. The zero-order valence-electron chi connectivity index (χ0n) is 12.3. The fraction of sp³-hybridized carbons (Fsp3) is 1.00. The third-order valence-corrected chi connectivity index (χ3v) is 4.75. The zero-order chi connectivity index (χ0) is 19.0. The minimum atomic E-state index is -5.31. The minimum Gasteiger partial charge on any atom is -0.735 e. The van der Waals surface area contributed by atoms with Gasteiger partial charge in [-0.3, -0.25) is 8.37 Å². The first-order valence-corrected chi connectivity index (χ1v) is 10.2. The summed E-state index contributed by atoms with van der Waals surface area (Å²) in [5.74, 6) is 0. The van der Waals surface area contributed by atoms with E-state index < -0.39 is 68.0 Å². The fourth-order valence-corrected chi connectivity index (χ4v) is 3.72. The Morgan fingerprint density at radius 3 is 2.04 bits per heavy atom. The molecule has 13 nitrogen and oxygen atoms in total. The summed E-state index contributed by atoms with van der Waals surface area (Å²) in [5, 5.41) is 0. The van der Waals surface area contributed by atoms with Crippen LogP contribution in [-0.4, -0.2) is 70.4 Å². The second-order valence-electron chi connectivity index (χ2n) is 5.44. The first-order chi connectivity index (χ1) is 10.5. The molecule has 1 saturated heterocycles. The molecule has 1 rings (SSSR count). The van der Waals surface area contributed by atoms with Crippen LogP contribution in [0.15, 0.2) is 0 Å². The predicted octanol–water partition coefficient (Wildman–Crippen LogP) is -2.85. The van der Waals surface area contributed by atoms with Gasteiger partial charge in [0.05, 0.1) is 25.4 Å². The summed E-state index contributed by atoms with van der Waals surface area (Å²) in [6, 6.07) is -1.55. The molecule has 3 atom stereocenters.